The molecule has 0 saturated carbocycles. The predicted molar refractivity (Wildman–Crippen MR) is 94.4 cm³/mol. The van der Waals surface area contributed by atoms with Crippen LogP contribution in [0.5, 0.6) is 0 Å². The number of aromatic nitrogens is 4. The number of nitrogens with one attached hydrogen (secondary N) is 1. The molecule has 1 atom stereocenters. The molecular weight excluding hydrogens is 322 g/mol. The number of thioether (sulfide) groups is 1. The Labute approximate surface area is 143 Å². The normalized spacial score (nSPS) is 17.2. The van der Waals surface area contributed by atoms with Crippen LogP contribution in [0.4, 0.5) is 5.82 Å². The summed E-state index contributed by atoms with van der Waals surface area (Å²) in [6, 6.07) is 9.85. The fraction of sp³-hybridized carbons (Fsp3) is 0.235. The van der Waals surface area contributed by atoms with E-state index in [2.05, 4.69) is 15.5 Å². The topological polar surface area (TPSA) is 64.7 Å². The van der Waals surface area contributed by atoms with E-state index in [-0.39, 0.29) is 11.2 Å². The Morgan fingerprint density at radius 3 is 2.79 bits per heavy atom. The third-order valence-corrected chi connectivity index (χ3v) is 5.31. The van der Waals surface area contributed by atoms with Crippen molar-refractivity contribution in [1.29, 1.82) is 0 Å². The Kier molecular flexibility index (Phi) is 3.65. The minimum atomic E-state index is -0.00952. The number of nitrogens with zero attached hydrogens (tertiary/aromatic N) is 4. The number of carbonyl (C=O) groups excluding carboxylic acids is 1. The van der Waals surface area contributed by atoms with E-state index < -0.39 is 0 Å². The van der Waals surface area contributed by atoms with Gasteiger partial charge in [-0.2, -0.15) is 10.2 Å². The number of rotatable bonds is 2. The van der Waals surface area contributed by atoms with E-state index in [1.165, 1.54) is 0 Å². The van der Waals surface area contributed by atoms with Crippen LogP contribution in [0.25, 0.3) is 5.69 Å². The average molecular weight is 339 g/mol. The van der Waals surface area contributed by atoms with Crippen LogP contribution in [0.15, 0.2) is 42.7 Å². The number of amides is 1. The highest BCUT2D eigenvalue weighted by atomic mass is 32.2. The fourth-order valence-corrected chi connectivity index (χ4v) is 4.13. The standard InChI is InChI=1S/C17H17N5OS/c1-11-15-16(12-8-18-21(2)9-12)24-10-14(23)19-17(15)22(20-11)13-6-4-3-5-7-13/h3-9,16H,10H2,1-2H3,(H,19,23). The van der Waals surface area contributed by atoms with Crippen molar-refractivity contribution in [2.45, 2.75) is 12.2 Å². The third-order valence-electron chi connectivity index (χ3n) is 4.04. The highest BCUT2D eigenvalue weighted by molar-refractivity contribution is 8.00. The first-order valence-electron chi connectivity index (χ1n) is 7.68. The van der Waals surface area contributed by atoms with Gasteiger partial charge in [-0.1, -0.05) is 18.2 Å². The number of anilines is 1. The summed E-state index contributed by atoms with van der Waals surface area (Å²) < 4.78 is 3.60. The number of hydrogen-bond donors (Lipinski definition) is 1. The van der Waals surface area contributed by atoms with E-state index in [1.54, 1.807) is 16.4 Å². The molecule has 6 nitrogen and oxygen atoms in total. The zero-order chi connectivity index (χ0) is 16.7. The van der Waals surface area contributed by atoms with Gasteiger partial charge in [-0.15, -0.1) is 11.8 Å². The van der Waals surface area contributed by atoms with Gasteiger partial charge >= 0.3 is 0 Å². The van der Waals surface area contributed by atoms with Gasteiger partial charge in [-0.25, -0.2) is 4.68 Å². The molecule has 7 heteroatoms. The third kappa shape index (κ3) is 2.50. The lowest BCUT2D eigenvalue weighted by atomic mass is 10.1. The van der Waals surface area contributed by atoms with Crippen molar-refractivity contribution in [3.8, 4) is 5.69 Å². The molecule has 1 aliphatic heterocycles. The summed E-state index contributed by atoms with van der Waals surface area (Å²) in [5.41, 5.74) is 3.97. The predicted octanol–water partition coefficient (Wildman–Crippen LogP) is 2.69. The Morgan fingerprint density at radius 1 is 1.29 bits per heavy atom. The first kappa shape index (κ1) is 15.0. The molecule has 0 aliphatic carbocycles. The van der Waals surface area contributed by atoms with E-state index in [0.29, 0.717) is 5.75 Å². The molecule has 1 unspecified atom stereocenters. The van der Waals surface area contributed by atoms with Crippen molar-refractivity contribution in [2.75, 3.05) is 11.1 Å². The van der Waals surface area contributed by atoms with Gasteiger partial charge < -0.3 is 5.32 Å². The number of carbonyl (C=O) groups is 1. The molecule has 3 heterocycles. The van der Waals surface area contributed by atoms with E-state index in [0.717, 1.165) is 28.3 Å². The van der Waals surface area contributed by atoms with Crippen LogP contribution < -0.4 is 5.32 Å². The van der Waals surface area contributed by atoms with Crippen LogP contribution >= 0.6 is 11.8 Å². The summed E-state index contributed by atoms with van der Waals surface area (Å²) in [5, 5.41) is 12.0. The highest BCUT2D eigenvalue weighted by Crippen LogP contribution is 2.43. The summed E-state index contributed by atoms with van der Waals surface area (Å²) in [6.07, 6.45) is 3.85. The van der Waals surface area contributed by atoms with Gasteiger partial charge in [0.15, 0.2) is 0 Å². The quantitative estimate of drug-likeness (QED) is 0.780. The second-order valence-electron chi connectivity index (χ2n) is 5.78. The molecule has 24 heavy (non-hydrogen) atoms. The maximum absolute atomic E-state index is 12.2. The second kappa shape index (κ2) is 5.83. The summed E-state index contributed by atoms with van der Waals surface area (Å²) in [4.78, 5) is 12.2. The molecule has 0 spiro atoms. The molecule has 0 radical (unpaired) electrons. The molecular formula is C17H17N5OS. The van der Waals surface area contributed by atoms with Crippen molar-refractivity contribution in [1.82, 2.24) is 19.6 Å². The molecule has 122 valence electrons. The SMILES string of the molecule is Cc1nn(-c2ccccc2)c2c1C(c1cnn(C)c1)SCC(=O)N2. The lowest BCUT2D eigenvalue weighted by molar-refractivity contribution is -0.113. The number of hydrogen-bond acceptors (Lipinski definition) is 4. The smallest absolute Gasteiger partial charge is 0.235 e. The summed E-state index contributed by atoms with van der Waals surface area (Å²) in [7, 11) is 1.90. The van der Waals surface area contributed by atoms with Crippen molar-refractivity contribution in [2.24, 2.45) is 7.05 Å². The van der Waals surface area contributed by atoms with Gasteiger partial charge in [0.25, 0.3) is 0 Å². The summed E-state index contributed by atoms with van der Waals surface area (Å²) in [5.74, 6) is 1.15. The van der Waals surface area contributed by atoms with Gasteiger partial charge in [0.1, 0.15) is 5.82 Å². The van der Waals surface area contributed by atoms with Crippen molar-refractivity contribution in [3.05, 3.63) is 59.5 Å². The fourth-order valence-electron chi connectivity index (χ4n) is 2.98. The highest BCUT2D eigenvalue weighted by Gasteiger charge is 2.31. The van der Waals surface area contributed by atoms with E-state index in [9.17, 15) is 4.79 Å². The minimum absolute atomic E-state index is 0.00952. The van der Waals surface area contributed by atoms with Gasteiger partial charge in [0.05, 0.1) is 28.6 Å². The van der Waals surface area contributed by atoms with Crippen LogP contribution in [0.3, 0.4) is 0 Å². The first-order chi connectivity index (χ1) is 11.6. The molecule has 0 saturated heterocycles. The van der Waals surface area contributed by atoms with E-state index in [4.69, 9.17) is 0 Å². The zero-order valence-electron chi connectivity index (χ0n) is 13.4. The number of aryl methyl sites for hydroxylation is 2. The maximum atomic E-state index is 12.2. The monoisotopic (exact) mass is 339 g/mol. The van der Waals surface area contributed by atoms with Crippen LogP contribution in [0.2, 0.25) is 0 Å². The number of fused-ring (bicyclic) bond motifs is 1. The Bertz CT molecular complexity index is 899. The Balaban J connectivity index is 1.90. The van der Waals surface area contributed by atoms with Crippen molar-refractivity contribution in [3.63, 3.8) is 0 Å². The molecule has 1 amide bonds. The molecule has 1 aliphatic rings. The van der Waals surface area contributed by atoms with Crippen LogP contribution in [0, 0.1) is 6.92 Å². The van der Waals surface area contributed by atoms with Gasteiger partial charge in [0.2, 0.25) is 5.91 Å². The van der Waals surface area contributed by atoms with Crippen molar-refractivity contribution >= 4 is 23.5 Å². The van der Waals surface area contributed by atoms with Gasteiger partial charge in [-0.3, -0.25) is 9.48 Å². The van der Waals surface area contributed by atoms with Crippen LogP contribution in [0.1, 0.15) is 22.1 Å². The first-order valence-corrected chi connectivity index (χ1v) is 8.73. The molecule has 3 aromatic rings. The summed E-state index contributed by atoms with van der Waals surface area (Å²) in [6.45, 7) is 1.99. The maximum Gasteiger partial charge on any atom is 0.235 e. The van der Waals surface area contributed by atoms with Crippen LogP contribution in [-0.2, 0) is 11.8 Å². The molecule has 0 fully saturated rings. The molecule has 1 aromatic carbocycles. The minimum Gasteiger partial charge on any atom is -0.310 e. The lowest BCUT2D eigenvalue weighted by Gasteiger charge is -2.13. The lowest BCUT2D eigenvalue weighted by Crippen LogP contribution is -2.15. The zero-order valence-corrected chi connectivity index (χ0v) is 14.2. The molecule has 2 aromatic heterocycles. The Hall–Kier alpha value is -2.54. The number of benzene rings is 1. The van der Waals surface area contributed by atoms with Gasteiger partial charge in [0, 0.05) is 24.4 Å². The second-order valence-corrected chi connectivity index (χ2v) is 6.88. The number of para-hydroxylation sites is 1. The van der Waals surface area contributed by atoms with Crippen LogP contribution in [-0.4, -0.2) is 31.2 Å². The molecule has 4 rings (SSSR count). The van der Waals surface area contributed by atoms with E-state index in [1.807, 2.05) is 61.4 Å². The molecule has 1 N–H and O–H groups in total. The average Bonchev–Trinajstić information content (AvgIpc) is 3.08. The Morgan fingerprint density at radius 2 is 2.08 bits per heavy atom. The summed E-state index contributed by atoms with van der Waals surface area (Å²) >= 11 is 1.61. The largest absolute Gasteiger partial charge is 0.310 e. The van der Waals surface area contributed by atoms with Gasteiger partial charge in [-0.05, 0) is 19.1 Å². The van der Waals surface area contributed by atoms with E-state index >= 15 is 0 Å². The molecule has 0 bridgehead atoms. The van der Waals surface area contributed by atoms with Crippen molar-refractivity contribution < 1.29 is 4.79 Å².